The van der Waals surface area contributed by atoms with E-state index < -0.39 is 0 Å². The largest absolute Gasteiger partial charge is 0.351 e. The lowest BCUT2D eigenvalue weighted by Crippen LogP contribution is -2.34. The Morgan fingerprint density at radius 2 is 2.00 bits per heavy atom. The molecule has 0 radical (unpaired) electrons. The molecule has 0 aliphatic carbocycles. The Bertz CT molecular complexity index is 839. The van der Waals surface area contributed by atoms with E-state index in [9.17, 15) is 14.4 Å². The first-order chi connectivity index (χ1) is 13.7. The van der Waals surface area contributed by atoms with Gasteiger partial charge in [0, 0.05) is 23.6 Å². The van der Waals surface area contributed by atoms with E-state index in [1.807, 2.05) is 48.7 Å². The first kappa shape index (κ1) is 21.6. The van der Waals surface area contributed by atoms with Crippen LogP contribution in [0.25, 0.3) is 10.9 Å². The van der Waals surface area contributed by atoms with Crippen molar-refractivity contribution in [3.63, 3.8) is 0 Å². The Balaban J connectivity index is 1.83. The molecule has 7 heteroatoms. The summed E-state index contributed by atoms with van der Waals surface area (Å²) in [4.78, 5) is 39.3. The number of carbonyl (C=O) groups is 3. The summed E-state index contributed by atoms with van der Waals surface area (Å²) in [6, 6.07) is 11.2. The molecule has 0 spiro atoms. The lowest BCUT2D eigenvalue weighted by molar-refractivity contribution is -0.125. The molecule has 1 aromatic carbocycles. The van der Waals surface area contributed by atoms with Gasteiger partial charge in [-0.2, -0.15) is 0 Å². The second kappa shape index (κ2) is 11.9. The number of hydrogen-bond donors (Lipinski definition) is 2. The Kier molecular flexibility index (Phi) is 9.21. The zero-order valence-electron chi connectivity index (χ0n) is 15.9. The number of thioether (sulfide) groups is 1. The van der Waals surface area contributed by atoms with Crippen LogP contribution in [0, 0.1) is 5.92 Å². The zero-order valence-corrected chi connectivity index (χ0v) is 16.7. The summed E-state index contributed by atoms with van der Waals surface area (Å²) < 4.78 is 0. The minimum Gasteiger partial charge on any atom is -0.351 e. The standard InChI is InChI=1S/C21H25N3O3S/c1-2-14-28-15-17(20(26)23-12-13-25)7-5-11-22-21(27)19-10-9-16-6-3-4-8-18(16)24-19/h2-4,6,8-10,13-14,17H,5,7,11-12,15H2,1H3,(H,22,27)(H,23,26)/b14-2-. The Hall–Kier alpha value is -2.67. The lowest BCUT2D eigenvalue weighted by atomic mass is 10.0. The zero-order chi connectivity index (χ0) is 20.2. The quantitative estimate of drug-likeness (QED) is 0.448. The summed E-state index contributed by atoms with van der Waals surface area (Å²) in [7, 11) is 0. The number of pyridine rings is 1. The summed E-state index contributed by atoms with van der Waals surface area (Å²) in [6.45, 7) is 2.40. The van der Waals surface area contributed by atoms with Crippen molar-refractivity contribution in [2.45, 2.75) is 19.8 Å². The number of aldehydes is 1. The lowest BCUT2D eigenvalue weighted by Gasteiger charge is -2.15. The first-order valence-electron chi connectivity index (χ1n) is 9.23. The molecule has 0 aliphatic heterocycles. The smallest absolute Gasteiger partial charge is 0.269 e. The third-order valence-corrected chi connectivity index (χ3v) is 5.17. The van der Waals surface area contributed by atoms with Gasteiger partial charge >= 0.3 is 0 Å². The molecule has 2 rings (SSSR count). The fraction of sp³-hybridized carbons (Fsp3) is 0.333. The number of hydrogen-bond acceptors (Lipinski definition) is 5. The maximum atomic E-state index is 12.3. The van der Waals surface area contributed by atoms with E-state index in [-0.39, 0.29) is 24.3 Å². The van der Waals surface area contributed by atoms with Crippen molar-refractivity contribution < 1.29 is 14.4 Å². The molecule has 2 N–H and O–H groups in total. The van der Waals surface area contributed by atoms with E-state index in [0.29, 0.717) is 37.1 Å². The molecule has 0 bridgehead atoms. The molecule has 1 aromatic heterocycles. The van der Waals surface area contributed by atoms with Crippen LogP contribution in [0.4, 0.5) is 0 Å². The Morgan fingerprint density at radius 1 is 1.18 bits per heavy atom. The van der Waals surface area contributed by atoms with Crippen molar-refractivity contribution in [2.24, 2.45) is 5.92 Å². The normalized spacial score (nSPS) is 12.0. The molecular weight excluding hydrogens is 374 g/mol. The van der Waals surface area contributed by atoms with Gasteiger partial charge < -0.3 is 15.4 Å². The van der Waals surface area contributed by atoms with Gasteiger partial charge in [0.2, 0.25) is 5.91 Å². The Morgan fingerprint density at radius 3 is 2.79 bits per heavy atom. The molecular formula is C21H25N3O3S. The van der Waals surface area contributed by atoms with Crippen LogP contribution in [0.15, 0.2) is 47.9 Å². The Labute approximate surface area is 169 Å². The molecule has 148 valence electrons. The van der Waals surface area contributed by atoms with Crippen LogP contribution < -0.4 is 10.6 Å². The number of benzene rings is 1. The minimum absolute atomic E-state index is 0.0218. The summed E-state index contributed by atoms with van der Waals surface area (Å²) in [5.41, 5.74) is 1.16. The fourth-order valence-corrected chi connectivity index (χ4v) is 3.53. The molecule has 0 saturated heterocycles. The second-order valence-electron chi connectivity index (χ2n) is 6.20. The van der Waals surface area contributed by atoms with E-state index in [4.69, 9.17) is 0 Å². The predicted octanol–water partition coefficient (Wildman–Crippen LogP) is 2.94. The number of carbonyl (C=O) groups excluding carboxylic acids is 3. The summed E-state index contributed by atoms with van der Waals surface area (Å²) in [5.74, 6) is 0.0642. The van der Waals surface area contributed by atoms with Crippen LogP contribution in [-0.4, -0.2) is 41.9 Å². The van der Waals surface area contributed by atoms with Crippen molar-refractivity contribution in [1.82, 2.24) is 15.6 Å². The van der Waals surface area contributed by atoms with Crippen molar-refractivity contribution in [3.05, 3.63) is 53.6 Å². The van der Waals surface area contributed by atoms with Crippen LogP contribution in [0.2, 0.25) is 0 Å². The van der Waals surface area contributed by atoms with Crippen LogP contribution in [0.5, 0.6) is 0 Å². The van der Waals surface area contributed by atoms with Crippen LogP contribution in [-0.2, 0) is 9.59 Å². The van der Waals surface area contributed by atoms with Gasteiger partial charge in [0.25, 0.3) is 5.91 Å². The maximum Gasteiger partial charge on any atom is 0.269 e. The monoisotopic (exact) mass is 399 g/mol. The minimum atomic E-state index is -0.226. The summed E-state index contributed by atoms with van der Waals surface area (Å²) in [6.07, 6.45) is 3.88. The van der Waals surface area contributed by atoms with Crippen molar-refractivity contribution in [1.29, 1.82) is 0 Å². The van der Waals surface area contributed by atoms with E-state index in [2.05, 4.69) is 15.6 Å². The van der Waals surface area contributed by atoms with E-state index in [1.54, 1.807) is 17.8 Å². The van der Waals surface area contributed by atoms with Crippen molar-refractivity contribution >= 4 is 40.8 Å². The number of allylic oxidation sites excluding steroid dienone is 1. The van der Waals surface area contributed by atoms with Gasteiger partial charge in [0.15, 0.2) is 0 Å². The first-order valence-corrected chi connectivity index (χ1v) is 10.3. The van der Waals surface area contributed by atoms with E-state index in [0.717, 1.165) is 10.9 Å². The topological polar surface area (TPSA) is 88.2 Å². The van der Waals surface area contributed by atoms with Gasteiger partial charge in [-0.1, -0.05) is 30.3 Å². The third-order valence-electron chi connectivity index (χ3n) is 4.11. The van der Waals surface area contributed by atoms with Crippen molar-refractivity contribution in [3.8, 4) is 0 Å². The number of aromatic nitrogens is 1. The molecule has 1 heterocycles. The summed E-state index contributed by atoms with van der Waals surface area (Å²) >= 11 is 1.56. The van der Waals surface area contributed by atoms with Gasteiger partial charge in [-0.3, -0.25) is 9.59 Å². The average Bonchev–Trinajstić information content (AvgIpc) is 2.73. The molecule has 0 saturated carbocycles. The SMILES string of the molecule is C/C=C\SCC(CCCNC(=O)c1ccc2ccccc2n1)C(=O)NCC=O. The molecule has 0 aliphatic rings. The van der Waals surface area contributed by atoms with E-state index >= 15 is 0 Å². The van der Waals surface area contributed by atoms with E-state index in [1.165, 1.54) is 0 Å². The van der Waals surface area contributed by atoms with Gasteiger partial charge in [0.05, 0.1) is 12.1 Å². The number of nitrogens with one attached hydrogen (secondary N) is 2. The van der Waals surface area contributed by atoms with Gasteiger partial charge in [-0.25, -0.2) is 4.98 Å². The molecule has 6 nitrogen and oxygen atoms in total. The van der Waals surface area contributed by atoms with Gasteiger partial charge in [-0.05, 0) is 37.3 Å². The molecule has 2 aromatic rings. The highest BCUT2D eigenvalue weighted by molar-refractivity contribution is 8.02. The molecule has 1 atom stereocenters. The maximum absolute atomic E-state index is 12.3. The molecule has 1 unspecified atom stereocenters. The number of amides is 2. The van der Waals surface area contributed by atoms with Crippen LogP contribution >= 0.6 is 11.8 Å². The number of rotatable bonds is 11. The van der Waals surface area contributed by atoms with Crippen LogP contribution in [0.3, 0.4) is 0 Å². The fourth-order valence-electron chi connectivity index (χ4n) is 2.68. The molecule has 0 fully saturated rings. The third kappa shape index (κ3) is 6.81. The highest BCUT2D eigenvalue weighted by Gasteiger charge is 2.17. The number of nitrogens with zero attached hydrogens (tertiary/aromatic N) is 1. The molecule has 28 heavy (non-hydrogen) atoms. The van der Waals surface area contributed by atoms with Crippen molar-refractivity contribution in [2.75, 3.05) is 18.8 Å². The number of para-hydroxylation sites is 1. The average molecular weight is 400 g/mol. The van der Waals surface area contributed by atoms with Crippen LogP contribution in [0.1, 0.15) is 30.3 Å². The highest BCUT2D eigenvalue weighted by atomic mass is 32.2. The van der Waals surface area contributed by atoms with Gasteiger partial charge in [0.1, 0.15) is 12.0 Å². The highest BCUT2D eigenvalue weighted by Crippen LogP contribution is 2.16. The second-order valence-corrected chi connectivity index (χ2v) is 7.14. The molecule has 2 amide bonds. The number of fused-ring (bicyclic) bond motifs is 1. The van der Waals surface area contributed by atoms with Gasteiger partial charge in [-0.15, -0.1) is 11.8 Å². The predicted molar refractivity (Wildman–Crippen MR) is 113 cm³/mol. The summed E-state index contributed by atoms with van der Waals surface area (Å²) in [5, 5.41) is 8.39.